The highest BCUT2D eigenvalue weighted by Gasteiger charge is 2.22. The summed E-state index contributed by atoms with van der Waals surface area (Å²) in [6.45, 7) is 1.74. The molecule has 0 saturated heterocycles. The topological polar surface area (TPSA) is 34.3 Å². The van der Waals surface area contributed by atoms with E-state index in [9.17, 15) is 0 Å². The number of nitrogens with zero attached hydrogens (tertiary/aromatic N) is 3. The molecule has 27 heavy (non-hydrogen) atoms. The van der Waals surface area contributed by atoms with E-state index in [0.29, 0.717) is 0 Å². The maximum Gasteiger partial charge on any atom is 0.150 e. The van der Waals surface area contributed by atoms with Crippen LogP contribution in [0.2, 0.25) is 5.02 Å². The van der Waals surface area contributed by atoms with Gasteiger partial charge in [0.2, 0.25) is 0 Å². The van der Waals surface area contributed by atoms with E-state index in [1.54, 1.807) is 0 Å². The molecule has 2 aromatic carbocycles. The Bertz CT molecular complexity index is 1080. The second kappa shape index (κ2) is 6.78. The quantitative estimate of drug-likeness (QED) is 0.517. The highest BCUT2D eigenvalue weighted by atomic mass is 35.5. The summed E-state index contributed by atoms with van der Waals surface area (Å²) in [6.07, 6.45) is 5.64. The number of nitrogens with one attached hydrogen (secondary N) is 1. The molecule has 4 aromatic rings. The molecule has 1 aliphatic rings. The van der Waals surface area contributed by atoms with Crippen molar-refractivity contribution < 1.29 is 0 Å². The zero-order valence-corrected chi connectivity index (χ0v) is 15.8. The smallest absolute Gasteiger partial charge is 0.150 e. The molecule has 0 unspecified atom stereocenters. The Morgan fingerprint density at radius 2 is 1.81 bits per heavy atom. The van der Waals surface area contributed by atoms with Crippen molar-refractivity contribution in [3.8, 4) is 11.1 Å². The van der Waals surface area contributed by atoms with Gasteiger partial charge in [0, 0.05) is 34.6 Å². The summed E-state index contributed by atoms with van der Waals surface area (Å²) in [5, 5.41) is 9.16. The highest BCUT2D eigenvalue weighted by Crippen LogP contribution is 2.33. The third-order valence-corrected chi connectivity index (χ3v) is 5.54. The van der Waals surface area contributed by atoms with Gasteiger partial charge in [-0.15, -0.1) is 0 Å². The lowest BCUT2D eigenvalue weighted by molar-refractivity contribution is 0.619. The minimum Gasteiger partial charge on any atom is -0.378 e. The molecule has 3 heterocycles. The van der Waals surface area contributed by atoms with Crippen LogP contribution in [0.1, 0.15) is 24.2 Å². The first-order valence-electron chi connectivity index (χ1n) is 9.44. The van der Waals surface area contributed by atoms with Crippen molar-refractivity contribution >= 4 is 22.9 Å². The number of hydrogen-bond donors (Lipinski definition) is 1. The number of aromatic nitrogens is 3. The number of aryl methyl sites for hydroxylation is 2. The summed E-state index contributed by atoms with van der Waals surface area (Å²) in [5.41, 5.74) is 6.23. The zero-order valence-electron chi connectivity index (χ0n) is 15.0. The van der Waals surface area contributed by atoms with E-state index in [0.717, 1.165) is 36.0 Å². The SMILES string of the molecule is Clc1ccc(-c2cn3nc(CNc4ccccc4)n4c3c2CCCC4)cc1. The fourth-order valence-electron chi connectivity index (χ4n) is 3.98. The van der Waals surface area contributed by atoms with Gasteiger partial charge in [-0.25, -0.2) is 4.52 Å². The lowest BCUT2D eigenvalue weighted by atomic mass is 10.0. The van der Waals surface area contributed by atoms with Crippen LogP contribution in [0.25, 0.3) is 16.8 Å². The number of anilines is 1. The summed E-state index contributed by atoms with van der Waals surface area (Å²) >= 11 is 6.07. The van der Waals surface area contributed by atoms with E-state index >= 15 is 0 Å². The molecular weight excluding hydrogens is 356 g/mol. The van der Waals surface area contributed by atoms with Gasteiger partial charge in [-0.05, 0) is 49.1 Å². The number of para-hydroxylation sites is 1. The Labute approximate surface area is 163 Å². The van der Waals surface area contributed by atoms with Crippen LogP contribution >= 0.6 is 11.6 Å². The second-order valence-electron chi connectivity index (χ2n) is 7.04. The summed E-state index contributed by atoms with van der Waals surface area (Å²) in [6, 6.07) is 18.4. The van der Waals surface area contributed by atoms with E-state index in [-0.39, 0.29) is 0 Å². The van der Waals surface area contributed by atoms with E-state index in [1.807, 2.05) is 30.3 Å². The maximum absolute atomic E-state index is 6.07. The molecule has 1 aliphatic heterocycles. The predicted molar refractivity (Wildman–Crippen MR) is 110 cm³/mol. The molecule has 2 aromatic heterocycles. The molecule has 5 heteroatoms. The molecule has 0 aliphatic carbocycles. The third kappa shape index (κ3) is 3.00. The average molecular weight is 377 g/mol. The van der Waals surface area contributed by atoms with E-state index in [1.165, 1.54) is 35.2 Å². The van der Waals surface area contributed by atoms with Crippen LogP contribution < -0.4 is 5.32 Å². The fourth-order valence-corrected chi connectivity index (χ4v) is 4.11. The molecule has 5 rings (SSSR count). The van der Waals surface area contributed by atoms with Crippen LogP contribution in [0.4, 0.5) is 5.69 Å². The first-order chi connectivity index (χ1) is 13.3. The molecule has 136 valence electrons. The molecule has 1 N–H and O–H groups in total. The standard InChI is InChI=1S/C22H21ClN4/c23-17-11-9-16(10-12-17)20-15-27-22-19(20)8-4-5-13-26(22)21(25-27)14-24-18-6-2-1-3-7-18/h1-3,6-7,9-12,15,24H,4-5,8,13-14H2. The lowest BCUT2D eigenvalue weighted by Crippen LogP contribution is -2.08. The van der Waals surface area contributed by atoms with Crippen LogP contribution in [0.5, 0.6) is 0 Å². The first kappa shape index (κ1) is 16.5. The lowest BCUT2D eigenvalue weighted by Gasteiger charge is -2.08. The van der Waals surface area contributed by atoms with Crippen LogP contribution in [-0.4, -0.2) is 14.2 Å². The molecule has 0 fully saturated rings. The largest absolute Gasteiger partial charge is 0.378 e. The Morgan fingerprint density at radius 3 is 2.63 bits per heavy atom. The molecular formula is C22H21ClN4. The van der Waals surface area contributed by atoms with E-state index in [4.69, 9.17) is 16.7 Å². The minimum atomic E-state index is 0.724. The van der Waals surface area contributed by atoms with Gasteiger partial charge < -0.3 is 9.88 Å². The van der Waals surface area contributed by atoms with Crippen molar-refractivity contribution in [1.82, 2.24) is 14.2 Å². The van der Waals surface area contributed by atoms with Crippen LogP contribution in [-0.2, 0) is 19.5 Å². The molecule has 0 amide bonds. The Kier molecular flexibility index (Phi) is 4.13. The van der Waals surface area contributed by atoms with Gasteiger partial charge in [0.05, 0.1) is 6.54 Å². The van der Waals surface area contributed by atoms with Crippen molar-refractivity contribution in [1.29, 1.82) is 0 Å². The van der Waals surface area contributed by atoms with Gasteiger partial charge >= 0.3 is 0 Å². The molecule has 4 nitrogen and oxygen atoms in total. The molecule has 0 bridgehead atoms. The second-order valence-corrected chi connectivity index (χ2v) is 7.48. The molecule has 0 saturated carbocycles. The van der Waals surface area contributed by atoms with Gasteiger partial charge in [-0.1, -0.05) is 41.9 Å². The van der Waals surface area contributed by atoms with Crippen molar-refractivity contribution in [2.24, 2.45) is 0 Å². The molecule has 0 radical (unpaired) electrons. The van der Waals surface area contributed by atoms with Crippen molar-refractivity contribution in [2.45, 2.75) is 32.4 Å². The van der Waals surface area contributed by atoms with Crippen molar-refractivity contribution in [2.75, 3.05) is 5.32 Å². The monoisotopic (exact) mass is 376 g/mol. The van der Waals surface area contributed by atoms with Crippen LogP contribution in [0.15, 0.2) is 60.8 Å². The average Bonchev–Trinajstić information content (AvgIpc) is 3.11. The van der Waals surface area contributed by atoms with Crippen LogP contribution in [0, 0.1) is 0 Å². The minimum absolute atomic E-state index is 0.724. The Morgan fingerprint density at radius 1 is 1.00 bits per heavy atom. The molecule has 0 atom stereocenters. The normalized spacial score (nSPS) is 13.7. The van der Waals surface area contributed by atoms with E-state index in [2.05, 4.69) is 44.9 Å². The summed E-state index contributed by atoms with van der Waals surface area (Å²) in [7, 11) is 0. The fraction of sp³-hybridized carbons (Fsp3) is 0.227. The maximum atomic E-state index is 6.07. The van der Waals surface area contributed by atoms with Crippen LogP contribution in [0.3, 0.4) is 0 Å². The van der Waals surface area contributed by atoms with E-state index < -0.39 is 0 Å². The van der Waals surface area contributed by atoms with Crippen molar-refractivity contribution in [3.05, 3.63) is 77.2 Å². The first-order valence-corrected chi connectivity index (χ1v) is 9.82. The van der Waals surface area contributed by atoms with Gasteiger partial charge in [0.25, 0.3) is 0 Å². The van der Waals surface area contributed by atoms with Crippen molar-refractivity contribution in [3.63, 3.8) is 0 Å². The Hall–Kier alpha value is -2.72. The number of hydrogen-bond acceptors (Lipinski definition) is 2. The van der Waals surface area contributed by atoms with Gasteiger partial charge in [0.1, 0.15) is 5.65 Å². The van der Waals surface area contributed by atoms with Gasteiger partial charge in [0.15, 0.2) is 5.82 Å². The highest BCUT2D eigenvalue weighted by molar-refractivity contribution is 6.30. The molecule has 0 spiro atoms. The number of rotatable bonds is 4. The predicted octanol–water partition coefficient (Wildman–Crippen LogP) is 5.40. The third-order valence-electron chi connectivity index (χ3n) is 5.29. The van der Waals surface area contributed by atoms with Gasteiger partial charge in [-0.2, -0.15) is 5.10 Å². The Balaban J connectivity index is 1.54. The summed E-state index contributed by atoms with van der Waals surface area (Å²) in [5.74, 6) is 1.08. The summed E-state index contributed by atoms with van der Waals surface area (Å²) in [4.78, 5) is 0. The number of benzene rings is 2. The summed E-state index contributed by atoms with van der Waals surface area (Å²) < 4.78 is 4.45. The number of halogens is 1. The zero-order chi connectivity index (χ0) is 18.2. The van der Waals surface area contributed by atoms with Gasteiger partial charge in [-0.3, -0.25) is 0 Å².